The molecule has 0 heterocycles. The molecule has 0 aromatic heterocycles. The van der Waals surface area contributed by atoms with Crippen molar-refractivity contribution in [3.8, 4) is 0 Å². The van der Waals surface area contributed by atoms with E-state index in [1.165, 1.54) is 11.1 Å². The molecule has 0 amide bonds. The van der Waals surface area contributed by atoms with Gasteiger partial charge in [-0.25, -0.2) is 10.1 Å². The molecular formula is C13H24N4O2. The van der Waals surface area contributed by atoms with Crippen molar-refractivity contribution < 1.29 is 5.03 Å². The molecule has 0 aliphatic carbocycles. The lowest BCUT2D eigenvalue weighted by molar-refractivity contribution is -0.485. The highest BCUT2D eigenvalue weighted by Crippen LogP contribution is 2.06. The molecule has 0 unspecified atom stereocenters. The third-order valence-electron chi connectivity index (χ3n) is 2.57. The van der Waals surface area contributed by atoms with Gasteiger partial charge in [-0.2, -0.15) is 0 Å². The van der Waals surface area contributed by atoms with Crippen LogP contribution >= 0.6 is 0 Å². The maximum Gasteiger partial charge on any atom is 0.271 e. The SMILES string of the molecule is CNC(=N[N+](=O)[O-])N(C)C/C=C(\C)CCC=C(C)C. The van der Waals surface area contributed by atoms with Crippen LogP contribution in [-0.2, 0) is 0 Å². The summed E-state index contributed by atoms with van der Waals surface area (Å²) in [5, 5.41) is 15.6. The standard InChI is InChI=1S/C13H24N4O2/c1-11(2)7-6-8-12(3)9-10-16(5)13(14-4)15-17(18)19/h7,9H,6,8,10H2,1-5H3,(H,14,15)/b12-9+. The van der Waals surface area contributed by atoms with E-state index in [9.17, 15) is 10.1 Å². The van der Waals surface area contributed by atoms with Crippen molar-refractivity contribution in [3.63, 3.8) is 0 Å². The van der Waals surface area contributed by atoms with Crippen LogP contribution in [-0.4, -0.2) is 36.5 Å². The number of nitrogens with zero attached hydrogens (tertiary/aromatic N) is 3. The minimum Gasteiger partial charge on any atom is -0.354 e. The van der Waals surface area contributed by atoms with Crippen LogP contribution in [0.3, 0.4) is 0 Å². The molecule has 0 aliphatic rings. The van der Waals surface area contributed by atoms with E-state index in [4.69, 9.17) is 0 Å². The summed E-state index contributed by atoms with van der Waals surface area (Å²) in [7, 11) is 3.38. The van der Waals surface area contributed by atoms with Crippen LogP contribution in [0, 0.1) is 10.1 Å². The summed E-state index contributed by atoms with van der Waals surface area (Å²) in [5.74, 6) is 0.248. The Morgan fingerprint density at radius 3 is 2.47 bits per heavy atom. The summed E-state index contributed by atoms with van der Waals surface area (Å²) in [5.41, 5.74) is 2.58. The van der Waals surface area contributed by atoms with Gasteiger partial charge in [-0.3, -0.25) is 0 Å². The van der Waals surface area contributed by atoms with Crippen LogP contribution in [0.4, 0.5) is 0 Å². The number of rotatable bonds is 6. The molecule has 0 saturated heterocycles. The van der Waals surface area contributed by atoms with Crippen LogP contribution < -0.4 is 5.32 Å². The number of hydrogen-bond donors (Lipinski definition) is 1. The van der Waals surface area contributed by atoms with Crippen LogP contribution in [0.5, 0.6) is 0 Å². The molecule has 0 bridgehead atoms. The predicted octanol–water partition coefficient (Wildman–Crippen LogP) is 2.38. The fourth-order valence-corrected chi connectivity index (χ4v) is 1.46. The Hall–Kier alpha value is -1.85. The van der Waals surface area contributed by atoms with Crippen molar-refractivity contribution in [1.29, 1.82) is 0 Å². The second kappa shape index (κ2) is 9.13. The Kier molecular flexibility index (Phi) is 8.24. The Morgan fingerprint density at radius 1 is 1.37 bits per heavy atom. The number of hydrazone groups is 1. The third-order valence-corrected chi connectivity index (χ3v) is 2.57. The number of guanidine groups is 1. The lowest BCUT2D eigenvalue weighted by Crippen LogP contribution is -2.37. The molecular weight excluding hydrogens is 244 g/mol. The zero-order valence-corrected chi connectivity index (χ0v) is 12.4. The molecule has 0 aromatic carbocycles. The largest absolute Gasteiger partial charge is 0.354 e. The van der Waals surface area contributed by atoms with E-state index in [0.717, 1.165) is 12.8 Å². The van der Waals surface area contributed by atoms with E-state index in [1.54, 1.807) is 19.0 Å². The van der Waals surface area contributed by atoms with Crippen molar-refractivity contribution in [1.82, 2.24) is 10.2 Å². The molecule has 6 heteroatoms. The van der Waals surface area contributed by atoms with E-state index < -0.39 is 5.03 Å². The van der Waals surface area contributed by atoms with E-state index in [-0.39, 0.29) is 5.96 Å². The number of nitro groups is 1. The van der Waals surface area contributed by atoms with Gasteiger partial charge in [0.25, 0.3) is 5.96 Å². The summed E-state index contributed by atoms with van der Waals surface area (Å²) in [4.78, 5) is 12.0. The lowest BCUT2D eigenvalue weighted by atomic mass is 10.1. The van der Waals surface area contributed by atoms with Gasteiger partial charge in [-0.05, 0) is 33.6 Å². The highest BCUT2D eigenvalue weighted by atomic mass is 16.7. The topological polar surface area (TPSA) is 70.8 Å². The summed E-state index contributed by atoms with van der Waals surface area (Å²) in [6, 6.07) is 0. The van der Waals surface area contributed by atoms with Gasteiger partial charge in [0.1, 0.15) is 5.10 Å². The van der Waals surface area contributed by atoms with Gasteiger partial charge in [-0.1, -0.05) is 23.3 Å². The molecule has 0 saturated carbocycles. The molecule has 0 radical (unpaired) electrons. The van der Waals surface area contributed by atoms with Crippen molar-refractivity contribution in [2.24, 2.45) is 5.10 Å². The number of likely N-dealkylation sites (N-methyl/N-ethyl adjacent to an activating group) is 1. The van der Waals surface area contributed by atoms with E-state index in [1.807, 2.05) is 0 Å². The summed E-state index contributed by atoms with van der Waals surface area (Å²) >= 11 is 0. The monoisotopic (exact) mass is 268 g/mol. The Bertz CT molecular complexity index is 382. The highest BCUT2D eigenvalue weighted by Gasteiger charge is 2.07. The predicted molar refractivity (Wildman–Crippen MR) is 78.5 cm³/mol. The van der Waals surface area contributed by atoms with E-state index in [2.05, 4.69) is 43.3 Å². The first-order valence-corrected chi connectivity index (χ1v) is 6.27. The molecule has 0 aromatic rings. The second-order valence-corrected chi connectivity index (χ2v) is 4.66. The summed E-state index contributed by atoms with van der Waals surface area (Å²) in [6.45, 7) is 6.82. The van der Waals surface area contributed by atoms with Crippen LogP contribution in [0.1, 0.15) is 33.6 Å². The van der Waals surface area contributed by atoms with Crippen molar-refractivity contribution in [2.75, 3.05) is 20.6 Å². The van der Waals surface area contributed by atoms with Crippen LogP contribution in [0.2, 0.25) is 0 Å². The maximum atomic E-state index is 10.3. The van der Waals surface area contributed by atoms with Gasteiger partial charge in [0.15, 0.2) is 5.03 Å². The first-order chi connectivity index (χ1) is 8.86. The first kappa shape index (κ1) is 17.2. The van der Waals surface area contributed by atoms with Crippen LogP contribution in [0.15, 0.2) is 28.4 Å². The molecule has 0 rings (SSSR count). The zero-order chi connectivity index (χ0) is 14.8. The average molecular weight is 268 g/mol. The first-order valence-electron chi connectivity index (χ1n) is 6.27. The smallest absolute Gasteiger partial charge is 0.271 e. The van der Waals surface area contributed by atoms with Crippen molar-refractivity contribution >= 4 is 5.96 Å². The minimum absolute atomic E-state index is 0.248. The fraction of sp³-hybridized carbons (Fsp3) is 0.615. The molecule has 0 spiro atoms. The van der Waals surface area contributed by atoms with Gasteiger partial charge in [0.2, 0.25) is 0 Å². The summed E-state index contributed by atoms with van der Waals surface area (Å²) in [6.07, 6.45) is 6.29. The number of nitrogens with one attached hydrogen (secondary N) is 1. The molecule has 6 nitrogen and oxygen atoms in total. The third kappa shape index (κ3) is 8.82. The van der Waals surface area contributed by atoms with Gasteiger partial charge < -0.3 is 10.2 Å². The van der Waals surface area contributed by atoms with Gasteiger partial charge in [0.05, 0.1) is 0 Å². The molecule has 19 heavy (non-hydrogen) atoms. The molecule has 0 atom stereocenters. The maximum absolute atomic E-state index is 10.3. The zero-order valence-electron chi connectivity index (χ0n) is 12.4. The van der Waals surface area contributed by atoms with E-state index in [0.29, 0.717) is 6.54 Å². The summed E-state index contributed by atoms with van der Waals surface area (Å²) < 4.78 is 0. The van der Waals surface area contributed by atoms with Crippen LogP contribution in [0.25, 0.3) is 0 Å². The number of hydrogen-bond acceptors (Lipinski definition) is 2. The second-order valence-electron chi connectivity index (χ2n) is 4.66. The fourth-order valence-electron chi connectivity index (χ4n) is 1.46. The van der Waals surface area contributed by atoms with Gasteiger partial charge >= 0.3 is 0 Å². The van der Waals surface area contributed by atoms with Gasteiger partial charge in [-0.15, -0.1) is 0 Å². The van der Waals surface area contributed by atoms with Crippen molar-refractivity contribution in [3.05, 3.63) is 33.4 Å². The quantitative estimate of drug-likeness (QED) is 0.264. The Morgan fingerprint density at radius 2 is 2.00 bits per heavy atom. The van der Waals surface area contributed by atoms with Crippen molar-refractivity contribution in [2.45, 2.75) is 33.6 Å². The molecule has 108 valence electrons. The molecule has 1 N–H and O–H groups in total. The minimum atomic E-state index is -0.701. The molecule has 0 aliphatic heterocycles. The Balaban J connectivity index is 4.36. The average Bonchev–Trinajstić information content (AvgIpc) is 2.32. The highest BCUT2D eigenvalue weighted by molar-refractivity contribution is 5.78. The number of allylic oxidation sites excluding steroid dienone is 3. The lowest BCUT2D eigenvalue weighted by Gasteiger charge is -2.16. The normalized spacial score (nSPS) is 12.1. The Labute approximate surface area is 115 Å². The molecule has 0 fully saturated rings. The van der Waals surface area contributed by atoms with Gasteiger partial charge in [0, 0.05) is 20.6 Å². The van der Waals surface area contributed by atoms with E-state index >= 15 is 0 Å².